The Morgan fingerprint density at radius 3 is 2.69 bits per heavy atom. The van der Waals surface area contributed by atoms with Crippen molar-refractivity contribution in [2.75, 3.05) is 0 Å². The predicted molar refractivity (Wildman–Crippen MR) is 98.7 cm³/mol. The summed E-state index contributed by atoms with van der Waals surface area (Å²) in [6.07, 6.45) is 3.52. The van der Waals surface area contributed by atoms with Crippen LogP contribution in [0, 0.1) is 6.92 Å². The first-order valence-electron chi connectivity index (χ1n) is 8.01. The van der Waals surface area contributed by atoms with E-state index in [2.05, 4.69) is 15.5 Å². The van der Waals surface area contributed by atoms with Crippen molar-refractivity contribution in [2.45, 2.75) is 19.9 Å². The van der Waals surface area contributed by atoms with Gasteiger partial charge in [-0.3, -0.25) is 14.3 Å². The Hall–Kier alpha value is -2.93. The van der Waals surface area contributed by atoms with Crippen molar-refractivity contribution in [2.24, 2.45) is 7.05 Å². The van der Waals surface area contributed by atoms with Gasteiger partial charge in [0, 0.05) is 29.9 Å². The molecule has 3 rings (SSSR count). The summed E-state index contributed by atoms with van der Waals surface area (Å²) in [5, 5.41) is 11.6. The van der Waals surface area contributed by atoms with Gasteiger partial charge in [0.15, 0.2) is 0 Å². The minimum Gasteiger partial charge on any atom is -0.344 e. The van der Waals surface area contributed by atoms with Gasteiger partial charge in [-0.15, -0.1) is 0 Å². The number of halogens is 1. The second-order valence-electron chi connectivity index (χ2n) is 6.04. The van der Waals surface area contributed by atoms with E-state index in [1.165, 1.54) is 12.1 Å². The van der Waals surface area contributed by atoms with Crippen LogP contribution in [0.25, 0.3) is 5.69 Å². The number of carbonyl (C=O) groups excluding carboxylic acids is 1. The molecule has 0 aliphatic carbocycles. The second kappa shape index (κ2) is 7.13. The lowest BCUT2D eigenvalue weighted by Crippen LogP contribution is -2.30. The lowest BCUT2D eigenvalue weighted by molar-refractivity contribution is 0.0933. The predicted octanol–water partition coefficient (Wildman–Crippen LogP) is 2.42. The van der Waals surface area contributed by atoms with Crippen LogP contribution < -0.4 is 10.9 Å². The summed E-state index contributed by atoms with van der Waals surface area (Å²) in [7, 11) is 1.81. The van der Waals surface area contributed by atoms with Crippen LogP contribution in [0.4, 0.5) is 0 Å². The van der Waals surface area contributed by atoms with E-state index < -0.39 is 0 Å². The molecule has 134 valence electrons. The van der Waals surface area contributed by atoms with Gasteiger partial charge in [0.05, 0.1) is 17.9 Å². The van der Waals surface area contributed by atoms with Gasteiger partial charge in [0.2, 0.25) is 0 Å². The lowest BCUT2D eigenvalue weighted by Gasteiger charge is -2.12. The van der Waals surface area contributed by atoms with Crippen LogP contribution in [0.2, 0.25) is 5.02 Å². The van der Waals surface area contributed by atoms with Crippen molar-refractivity contribution in [3.8, 4) is 5.69 Å². The van der Waals surface area contributed by atoms with Crippen molar-refractivity contribution in [3.05, 3.63) is 74.9 Å². The third-order valence-electron chi connectivity index (χ3n) is 4.01. The summed E-state index contributed by atoms with van der Waals surface area (Å²) in [6, 6.07) is 7.64. The van der Waals surface area contributed by atoms with Crippen molar-refractivity contribution in [1.82, 2.24) is 24.9 Å². The molecule has 1 atom stereocenters. The van der Waals surface area contributed by atoms with Gasteiger partial charge in [0.1, 0.15) is 5.69 Å². The van der Waals surface area contributed by atoms with Gasteiger partial charge in [-0.05, 0) is 37.6 Å². The summed E-state index contributed by atoms with van der Waals surface area (Å²) >= 11 is 6.13. The van der Waals surface area contributed by atoms with E-state index >= 15 is 0 Å². The molecule has 8 heteroatoms. The normalized spacial score (nSPS) is 12.0. The smallest absolute Gasteiger partial charge is 0.272 e. The molecule has 0 saturated carbocycles. The number of benzene rings is 1. The molecule has 0 radical (unpaired) electrons. The zero-order valence-electron chi connectivity index (χ0n) is 14.6. The Morgan fingerprint density at radius 1 is 1.27 bits per heavy atom. The molecule has 0 fully saturated rings. The fraction of sp³-hybridized carbons (Fsp3) is 0.222. The largest absolute Gasteiger partial charge is 0.344 e. The molecule has 26 heavy (non-hydrogen) atoms. The van der Waals surface area contributed by atoms with Gasteiger partial charge in [0.25, 0.3) is 11.5 Å². The Balaban J connectivity index is 1.87. The Bertz CT molecular complexity index is 1020. The van der Waals surface area contributed by atoms with Gasteiger partial charge >= 0.3 is 0 Å². The lowest BCUT2D eigenvalue weighted by atomic mass is 10.2. The molecule has 1 aromatic carbocycles. The second-order valence-corrected chi connectivity index (χ2v) is 6.45. The standard InChI is InChI=1S/C18H18ClN5O2/c1-11-4-5-14(8-15(11)19)24-17(25)7-6-16(22-24)18(26)21-12(2)13-9-20-23(3)10-13/h4-10,12H,1-3H3,(H,21,26)/t12-/m1/s1. The molecular weight excluding hydrogens is 354 g/mol. The highest BCUT2D eigenvalue weighted by Crippen LogP contribution is 2.18. The van der Waals surface area contributed by atoms with Crippen molar-refractivity contribution in [3.63, 3.8) is 0 Å². The van der Waals surface area contributed by atoms with Gasteiger partial charge in [-0.2, -0.15) is 14.9 Å². The molecular formula is C18H18ClN5O2. The zero-order valence-corrected chi connectivity index (χ0v) is 15.4. The van der Waals surface area contributed by atoms with Crippen LogP contribution in [0.1, 0.15) is 34.6 Å². The summed E-state index contributed by atoms with van der Waals surface area (Å²) in [4.78, 5) is 24.7. The SMILES string of the molecule is Cc1ccc(-n2nc(C(=O)N[C@H](C)c3cnn(C)c3)ccc2=O)cc1Cl. The van der Waals surface area contributed by atoms with Crippen molar-refractivity contribution >= 4 is 17.5 Å². The Morgan fingerprint density at radius 2 is 2.04 bits per heavy atom. The van der Waals surface area contributed by atoms with E-state index in [1.807, 2.05) is 27.1 Å². The number of aromatic nitrogens is 4. The summed E-state index contributed by atoms with van der Waals surface area (Å²) in [5.41, 5.74) is 2.06. The number of hydrogen-bond acceptors (Lipinski definition) is 4. The maximum atomic E-state index is 12.5. The molecule has 3 aromatic rings. The summed E-state index contributed by atoms with van der Waals surface area (Å²) < 4.78 is 2.83. The third-order valence-corrected chi connectivity index (χ3v) is 4.41. The van der Waals surface area contributed by atoms with E-state index in [0.717, 1.165) is 15.8 Å². The van der Waals surface area contributed by atoms with Crippen LogP contribution in [-0.4, -0.2) is 25.5 Å². The average Bonchev–Trinajstić information content (AvgIpc) is 3.04. The quantitative estimate of drug-likeness (QED) is 0.763. The minimum absolute atomic E-state index is 0.136. The maximum absolute atomic E-state index is 12.5. The first-order chi connectivity index (χ1) is 12.3. The minimum atomic E-state index is -0.381. The summed E-state index contributed by atoms with van der Waals surface area (Å²) in [5.74, 6) is -0.381. The van der Waals surface area contributed by atoms with Crippen LogP contribution in [0.15, 0.2) is 47.5 Å². The molecule has 7 nitrogen and oxygen atoms in total. The maximum Gasteiger partial charge on any atom is 0.272 e. The summed E-state index contributed by atoms with van der Waals surface area (Å²) in [6.45, 7) is 3.72. The first-order valence-corrected chi connectivity index (χ1v) is 8.39. The molecule has 0 spiro atoms. The van der Waals surface area contributed by atoms with Crippen LogP contribution in [-0.2, 0) is 7.05 Å². The zero-order chi connectivity index (χ0) is 18.8. The van der Waals surface area contributed by atoms with E-state index in [0.29, 0.717) is 10.7 Å². The van der Waals surface area contributed by atoms with E-state index in [1.54, 1.807) is 29.1 Å². The molecule has 0 saturated heterocycles. The van der Waals surface area contributed by atoms with Gasteiger partial charge in [-0.1, -0.05) is 17.7 Å². The van der Waals surface area contributed by atoms with Crippen LogP contribution >= 0.6 is 11.6 Å². The monoisotopic (exact) mass is 371 g/mol. The first kappa shape index (κ1) is 17.9. The number of nitrogens with one attached hydrogen (secondary N) is 1. The van der Waals surface area contributed by atoms with Crippen LogP contribution in [0.3, 0.4) is 0 Å². The molecule has 2 aromatic heterocycles. The molecule has 0 aliphatic rings. The number of amides is 1. The number of hydrogen-bond donors (Lipinski definition) is 1. The Kier molecular flexibility index (Phi) is 4.90. The van der Waals surface area contributed by atoms with Gasteiger partial charge in [-0.25, -0.2) is 0 Å². The van der Waals surface area contributed by atoms with Crippen LogP contribution in [0.5, 0.6) is 0 Å². The Labute approximate surface area is 155 Å². The molecule has 0 bridgehead atoms. The number of nitrogens with zero attached hydrogens (tertiary/aromatic N) is 4. The third kappa shape index (κ3) is 3.67. The highest BCUT2D eigenvalue weighted by Gasteiger charge is 2.15. The number of carbonyl (C=O) groups is 1. The fourth-order valence-corrected chi connectivity index (χ4v) is 2.62. The van der Waals surface area contributed by atoms with Crippen molar-refractivity contribution < 1.29 is 4.79 Å². The molecule has 1 N–H and O–H groups in total. The van der Waals surface area contributed by atoms with Gasteiger partial charge < -0.3 is 5.32 Å². The molecule has 0 unspecified atom stereocenters. The molecule has 0 aliphatic heterocycles. The average molecular weight is 372 g/mol. The van der Waals surface area contributed by atoms with E-state index in [-0.39, 0.29) is 23.2 Å². The van der Waals surface area contributed by atoms with E-state index in [4.69, 9.17) is 11.6 Å². The molecule has 2 heterocycles. The van der Waals surface area contributed by atoms with E-state index in [9.17, 15) is 9.59 Å². The topological polar surface area (TPSA) is 81.8 Å². The molecule has 1 amide bonds. The highest BCUT2D eigenvalue weighted by atomic mass is 35.5. The number of aryl methyl sites for hydroxylation is 2. The fourth-order valence-electron chi connectivity index (χ4n) is 2.45. The van der Waals surface area contributed by atoms with Crippen molar-refractivity contribution in [1.29, 1.82) is 0 Å². The highest BCUT2D eigenvalue weighted by molar-refractivity contribution is 6.31. The number of rotatable bonds is 4.